The lowest BCUT2D eigenvalue weighted by molar-refractivity contribution is 1.09. The molecule has 3 heterocycles. The maximum atomic E-state index is 5.30. The molecular weight excluding hydrogens is 585 g/mol. The molecule has 0 saturated heterocycles. The van der Waals surface area contributed by atoms with E-state index in [0.717, 1.165) is 39.2 Å². The van der Waals surface area contributed by atoms with Crippen LogP contribution in [0.4, 0.5) is 0 Å². The van der Waals surface area contributed by atoms with Crippen molar-refractivity contribution in [2.24, 2.45) is 0 Å². The van der Waals surface area contributed by atoms with Gasteiger partial charge in [0, 0.05) is 33.0 Å². The molecule has 0 atom stereocenters. The van der Waals surface area contributed by atoms with E-state index in [-0.39, 0.29) is 0 Å². The van der Waals surface area contributed by atoms with Crippen molar-refractivity contribution in [2.75, 3.05) is 0 Å². The fourth-order valence-corrected chi connectivity index (χ4v) is 7.55. The monoisotopic (exact) mass is 612 g/mol. The van der Waals surface area contributed by atoms with Crippen LogP contribution in [0.15, 0.2) is 170 Å². The fraction of sp³-hybridized carbons (Fsp3) is 0. The van der Waals surface area contributed by atoms with Crippen molar-refractivity contribution >= 4 is 54.4 Å². The van der Waals surface area contributed by atoms with Gasteiger partial charge in [-0.1, -0.05) is 146 Å². The molecule has 4 heteroatoms. The Labute approximate surface area is 276 Å². The third-order valence-electron chi connectivity index (χ3n) is 9.54. The summed E-state index contributed by atoms with van der Waals surface area (Å²) < 4.78 is 4.88. The summed E-state index contributed by atoms with van der Waals surface area (Å²) in [6.45, 7) is 0. The van der Waals surface area contributed by atoms with Crippen molar-refractivity contribution in [2.45, 2.75) is 0 Å². The van der Waals surface area contributed by atoms with Crippen LogP contribution < -0.4 is 0 Å². The van der Waals surface area contributed by atoms with Crippen LogP contribution in [0.5, 0.6) is 0 Å². The number of hydrogen-bond acceptors (Lipinski definition) is 2. The van der Waals surface area contributed by atoms with Crippen molar-refractivity contribution in [1.29, 1.82) is 0 Å². The molecule has 0 aliphatic carbocycles. The summed E-state index contributed by atoms with van der Waals surface area (Å²) in [5.41, 5.74) is 9.60. The highest BCUT2D eigenvalue weighted by molar-refractivity contribution is 6.34. The van der Waals surface area contributed by atoms with E-state index in [4.69, 9.17) is 9.97 Å². The molecule has 0 amide bonds. The first kappa shape index (κ1) is 26.7. The molecule has 0 aliphatic rings. The van der Waals surface area contributed by atoms with Gasteiger partial charge in [0.05, 0.1) is 39.6 Å². The standard InChI is InChI=1S/C44H28N4/c1-4-16-29(17-5-1)40-38(28-45-44(46-40)30-18-6-2-7-19-30)48-37-27-15-14-26-36(37)42-43(48)39-34-24-12-10-22-32(34)33-23-11-13-25-35(33)41(39)47(42)31-20-8-3-9-21-31/h1-28H. The second-order valence-corrected chi connectivity index (χ2v) is 12.2. The average Bonchev–Trinajstić information content (AvgIpc) is 3.69. The van der Waals surface area contributed by atoms with Gasteiger partial charge in [-0.3, -0.25) is 0 Å². The summed E-state index contributed by atoms with van der Waals surface area (Å²) in [5.74, 6) is 0.703. The normalized spacial score (nSPS) is 11.8. The van der Waals surface area contributed by atoms with Gasteiger partial charge in [-0.2, -0.15) is 0 Å². The molecule has 48 heavy (non-hydrogen) atoms. The molecule has 3 aromatic heterocycles. The molecule has 0 aliphatic heterocycles. The summed E-state index contributed by atoms with van der Waals surface area (Å²) >= 11 is 0. The molecule has 0 unspecified atom stereocenters. The third kappa shape index (κ3) is 3.83. The molecule has 0 bridgehead atoms. The predicted molar refractivity (Wildman–Crippen MR) is 199 cm³/mol. The number of benzene rings is 7. The Morgan fingerprint density at radius 2 is 0.938 bits per heavy atom. The summed E-state index contributed by atoms with van der Waals surface area (Å²) in [5, 5.41) is 7.31. The van der Waals surface area contributed by atoms with Crippen molar-refractivity contribution in [3.63, 3.8) is 0 Å². The molecule has 0 radical (unpaired) electrons. The van der Waals surface area contributed by atoms with Crippen LogP contribution in [0.2, 0.25) is 0 Å². The summed E-state index contributed by atoms with van der Waals surface area (Å²) in [6, 6.07) is 57.8. The lowest BCUT2D eigenvalue weighted by atomic mass is 9.97. The van der Waals surface area contributed by atoms with Crippen LogP contribution in [0.25, 0.3) is 88.4 Å². The highest BCUT2D eigenvalue weighted by Crippen LogP contribution is 2.47. The van der Waals surface area contributed by atoms with Crippen molar-refractivity contribution in [3.05, 3.63) is 170 Å². The van der Waals surface area contributed by atoms with E-state index in [9.17, 15) is 0 Å². The molecule has 4 nitrogen and oxygen atoms in total. The highest BCUT2D eigenvalue weighted by atomic mass is 15.1. The minimum Gasteiger partial charge on any atom is -0.306 e. The van der Waals surface area contributed by atoms with Gasteiger partial charge >= 0.3 is 0 Å². The van der Waals surface area contributed by atoms with E-state index >= 15 is 0 Å². The Hall–Kier alpha value is -6.52. The van der Waals surface area contributed by atoms with Gasteiger partial charge < -0.3 is 9.13 Å². The second-order valence-electron chi connectivity index (χ2n) is 12.2. The van der Waals surface area contributed by atoms with Gasteiger partial charge in [-0.05, 0) is 34.4 Å². The van der Waals surface area contributed by atoms with Crippen LogP contribution in [0.1, 0.15) is 0 Å². The molecular formula is C44H28N4. The lowest BCUT2D eigenvalue weighted by Gasteiger charge is -2.15. The summed E-state index contributed by atoms with van der Waals surface area (Å²) in [4.78, 5) is 10.3. The van der Waals surface area contributed by atoms with Crippen LogP contribution in [0, 0.1) is 0 Å². The van der Waals surface area contributed by atoms with E-state index in [2.05, 4.69) is 155 Å². The molecule has 0 spiro atoms. The van der Waals surface area contributed by atoms with E-state index in [1.165, 1.54) is 43.4 Å². The van der Waals surface area contributed by atoms with Crippen LogP contribution >= 0.6 is 0 Å². The molecule has 0 saturated carbocycles. The first-order valence-electron chi connectivity index (χ1n) is 16.3. The van der Waals surface area contributed by atoms with Crippen LogP contribution in [-0.2, 0) is 0 Å². The second kappa shape index (κ2) is 10.5. The van der Waals surface area contributed by atoms with Crippen LogP contribution in [-0.4, -0.2) is 19.1 Å². The molecule has 7 aromatic carbocycles. The zero-order chi connectivity index (χ0) is 31.6. The maximum Gasteiger partial charge on any atom is 0.159 e. The molecule has 0 fully saturated rings. The SMILES string of the molecule is c1ccc(-c2ncc(-n3c4ccccc4c4c3c3c5ccccc5c5ccccc5c3n4-c3ccccc3)c(-c3ccccc3)n2)cc1. The van der Waals surface area contributed by atoms with Gasteiger partial charge in [0.1, 0.15) is 0 Å². The predicted octanol–water partition coefficient (Wildman–Crippen LogP) is 11.2. The highest BCUT2D eigenvalue weighted by Gasteiger charge is 2.27. The number of nitrogens with zero attached hydrogens (tertiary/aromatic N) is 4. The summed E-state index contributed by atoms with van der Waals surface area (Å²) in [6.07, 6.45) is 2.01. The van der Waals surface area contributed by atoms with Gasteiger partial charge in [-0.25, -0.2) is 9.97 Å². The van der Waals surface area contributed by atoms with Crippen molar-refractivity contribution in [3.8, 4) is 34.0 Å². The largest absolute Gasteiger partial charge is 0.306 e. The maximum absolute atomic E-state index is 5.30. The molecule has 0 N–H and O–H groups in total. The first-order valence-corrected chi connectivity index (χ1v) is 16.3. The van der Waals surface area contributed by atoms with E-state index in [1.807, 2.05) is 24.4 Å². The van der Waals surface area contributed by atoms with Crippen LogP contribution in [0.3, 0.4) is 0 Å². The smallest absolute Gasteiger partial charge is 0.159 e. The Morgan fingerprint density at radius 3 is 1.65 bits per heavy atom. The first-order chi connectivity index (χ1) is 23.9. The number of aromatic nitrogens is 4. The lowest BCUT2D eigenvalue weighted by Crippen LogP contribution is -2.02. The minimum atomic E-state index is 0.703. The van der Waals surface area contributed by atoms with E-state index in [1.54, 1.807) is 0 Å². The number of fused-ring (bicyclic) bond motifs is 10. The zero-order valence-corrected chi connectivity index (χ0v) is 26.0. The summed E-state index contributed by atoms with van der Waals surface area (Å²) in [7, 11) is 0. The van der Waals surface area contributed by atoms with Crippen molar-refractivity contribution < 1.29 is 0 Å². The minimum absolute atomic E-state index is 0.703. The average molecular weight is 613 g/mol. The Bertz CT molecular complexity index is 2810. The van der Waals surface area contributed by atoms with Gasteiger partial charge in [0.25, 0.3) is 0 Å². The third-order valence-corrected chi connectivity index (χ3v) is 9.54. The Balaban J connectivity index is 1.46. The zero-order valence-electron chi connectivity index (χ0n) is 26.0. The molecule has 10 aromatic rings. The Kier molecular flexibility index (Phi) is 5.84. The van der Waals surface area contributed by atoms with E-state index < -0.39 is 0 Å². The van der Waals surface area contributed by atoms with Crippen molar-refractivity contribution in [1.82, 2.24) is 19.1 Å². The Morgan fingerprint density at radius 1 is 0.396 bits per heavy atom. The quantitative estimate of drug-likeness (QED) is 0.185. The molecule has 224 valence electrons. The van der Waals surface area contributed by atoms with Gasteiger partial charge in [0.15, 0.2) is 5.82 Å². The van der Waals surface area contributed by atoms with E-state index in [0.29, 0.717) is 5.82 Å². The number of para-hydroxylation sites is 2. The number of hydrogen-bond donors (Lipinski definition) is 0. The van der Waals surface area contributed by atoms with Gasteiger partial charge in [0.2, 0.25) is 0 Å². The topological polar surface area (TPSA) is 35.6 Å². The van der Waals surface area contributed by atoms with Gasteiger partial charge in [-0.15, -0.1) is 0 Å². The molecule has 10 rings (SSSR count). The fourth-order valence-electron chi connectivity index (χ4n) is 7.55. The number of rotatable bonds is 4.